The predicted molar refractivity (Wildman–Crippen MR) is 92.4 cm³/mol. The number of nitrogens with zero attached hydrogens (tertiary/aromatic N) is 4. The number of thioether (sulfide) groups is 1. The Morgan fingerprint density at radius 3 is 2.70 bits per heavy atom. The molecule has 0 radical (unpaired) electrons. The number of aromatic nitrogens is 3. The van der Waals surface area contributed by atoms with E-state index in [0.717, 1.165) is 44.0 Å². The number of piperidine rings is 1. The molecule has 1 saturated carbocycles. The van der Waals surface area contributed by atoms with Crippen LogP contribution in [-0.4, -0.2) is 55.6 Å². The zero-order chi connectivity index (χ0) is 15.7. The first-order chi connectivity index (χ1) is 11.2. The maximum atomic E-state index is 10.6. The number of rotatable bonds is 4. The van der Waals surface area contributed by atoms with Gasteiger partial charge in [0.2, 0.25) is 0 Å². The zero-order valence-electron chi connectivity index (χ0n) is 13.9. The zero-order valence-corrected chi connectivity index (χ0v) is 14.7. The molecule has 0 amide bonds. The highest BCUT2D eigenvalue weighted by Crippen LogP contribution is 2.37. The van der Waals surface area contributed by atoms with E-state index in [2.05, 4.69) is 27.0 Å². The van der Waals surface area contributed by atoms with E-state index in [1.165, 1.54) is 43.9 Å². The van der Waals surface area contributed by atoms with E-state index < -0.39 is 5.60 Å². The van der Waals surface area contributed by atoms with Crippen molar-refractivity contribution in [2.24, 2.45) is 5.92 Å². The minimum atomic E-state index is -0.707. The van der Waals surface area contributed by atoms with E-state index in [-0.39, 0.29) is 0 Å². The fraction of sp³-hybridized carbons (Fsp3) is 0.882. The molecule has 3 heterocycles. The average molecular weight is 337 g/mol. The molecule has 1 aromatic rings. The van der Waals surface area contributed by atoms with Crippen LogP contribution < -0.4 is 0 Å². The molecule has 2 saturated heterocycles. The van der Waals surface area contributed by atoms with Crippen molar-refractivity contribution in [3.63, 3.8) is 0 Å². The van der Waals surface area contributed by atoms with Crippen molar-refractivity contribution in [3.8, 4) is 0 Å². The second-order valence-electron chi connectivity index (χ2n) is 7.56. The number of aliphatic hydroxyl groups is 1. The van der Waals surface area contributed by atoms with Crippen molar-refractivity contribution in [2.75, 3.05) is 24.6 Å². The maximum Gasteiger partial charge on any atom is 0.114 e. The van der Waals surface area contributed by atoms with Gasteiger partial charge in [-0.2, -0.15) is 11.8 Å². The third-order valence-corrected chi connectivity index (χ3v) is 7.11. The van der Waals surface area contributed by atoms with Crippen LogP contribution in [0.5, 0.6) is 0 Å². The largest absolute Gasteiger partial charge is 0.383 e. The standard InChI is InChI=1S/C17H28N4OS/c22-17(6-1-2-7-17)16-12-21(19-18-16)11-14-3-8-20(9-4-14)15-5-10-23-13-15/h12,14-15,22H,1-11,13H2/t15-/m1/s1. The van der Waals surface area contributed by atoms with Gasteiger partial charge in [-0.25, -0.2) is 0 Å². The van der Waals surface area contributed by atoms with E-state index in [4.69, 9.17) is 0 Å². The van der Waals surface area contributed by atoms with E-state index in [1.807, 2.05) is 10.9 Å². The summed E-state index contributed by atoms with van der Waals surface area (Å²) in [6.45, 7) is 3.43. The molecule has 0 bridgehead atoms. The Kier molecular flexibility index (Phi) is 4.65. The summed E-state index contributed by atoms with van der Waals surface area (Å²) >= 11 is 2.11. The first-order valence-electron chi connectivity index (χ1n) is 9.18. The Bertz CT molecular complexity index is 514. The molecule has 0 aromatic carbocycles. The first kappa shape index (κ1) is 15.9. The smallest absolute Gasteiger partial charge is 0.114 e. The maximum absolute atomic E-state index is 10.6. The summed E-state index contributed by atoms with van der Waals surface area (Å²) in [4.78, 5) is 2.70. The molecule has 3 aliphatic rings. The van der Waals surface area contributed by atoms with E-state index >= 15 is 0 Å². The summed E-state index contributed by atoms with van der Waals surface area (Å²) in [7, 11) is 0. The van der Waals surface area contributed by atoms with Crippen molar-refractivity contribution in [1.29, 1.82) is 0 Å². The highest BCUT2D eigenvalue weighted by Gasteiger charge is 2.36. The van der Waals surface area contributed by atoms with Gasteiger partial charge < -0.3 is 5.11 Å². The number of likely N-dealkylation sites (tertiary alicyclic amines) is 1. The van der Waals surface area contributed by atoms with Crippen LogP contribution >= 0.6 is 11.8 Å². The van der Waals surface area contributed by atoms with Gasteiger partial charge >= 0.3 is 0 Å². The van der Waals surface area contributed by atoms with Crippen molar-refractivity contribution in [2.45, 2.75) is 63.1 Å². The summed E-state index contributed by atoms with van der Waals surface area (Å²) in [5.41, 5.74) is 0.0808. The molecule has 5 nitrogen and oxygen atoms in total. The van der Waals surface area contributed by atoms with Gasteiger partial charge in [-0.3, -0.25) is 9.58 Å². The van der Waals surface area contributed by atoms with Crippen LogP contribution in [0.1, 0.15) is 50.6 Å². The Hall–Kier alpha value is -0.590. The molecule has 3 fully saturated rings. The van der Waals surface area contributed by atoms with Gasteiger partial charge in [-0.15, -0.1) is 5.10 Å². The SMILES string of the molecule is OC1(c2cn(CC3CCN([C@@H]4CCSC4)CC3)nn2)CCCC1. The predicted octanol–water partition coefficient (Wildman–Crippen LogP) is 2.26. The average Bonchev–Trinajstić information content (AvgIpc) is 3.29. The Morgan fingerprint density at radius 1 is 1.22 bits per heavy atom. The molecule has 1 N–H and O–H groups in total. The Morgan fingerprint density at radius 2 is 2.00 bits per heavy atom. The molecule has 1 aliphatic carbocycles. The van der Waals surface area contributed by atoms with Gasteiger partial charge in [-0.1, -0.05) is 18.1 Å². The van der Waals surface area contributed by atoms with E-state index in [9.17, 15) is 5.11 Å². The van der Waals surface area contributed by atoms with Crippen molar-refractivity contribution < 1.29 is 5.11 Å². The van der Waals surface area contributed by atoms with Crippen LogP contribution in [0.2, 0.25) is 0 Å². The molecule has 0 unspecified atom stereocenters. The van der Waals surface area contributed by atoms with Gasteiger partial charge in [0.1, 0.15) is 11.3 Å². The van der Waals surface area contributed by atoms with E-state index in [0.29, 0.717) is 5.92 Å². The molecule has 128 valence electrons. The molecule has 2 aliphatic heterocycles. The van der Waals surface area contributed by atoms with Crippen molar-refractivity contribution in [3.05, 3.63) is 11.9 Å². The second-order valence-corrected chi connectivity index (χ2v) is 8.71. The van der Waals surface area contributed by atoms with E-state index in [1.54, 1.807) is 0 Å². The molecular weight excluding hydrogens is 308 g/mol. The lowest BCUT2D eigenvalue weighted by atomic mass is 9.95. The lowest BCUT2D eigenvalue weighted by Gasteiger charge is -2.35. The topological polar surface area (TPSA) is 54.2 Å². The quantitative estimate of drug-likeness (QED) is 0.914. The second kappa shape index (κ2) is 6.73. The minimum Gasteiger partial charge on any atom is -0.383 e. The summed E-state index contributed by atoms with van der Waals surface area (Å²) in [5, 5.41) is 19.2. The van der Waals surface area contributed by atoms with Crippen LogP contribution in [0.4, 0.5) is 0 Å². The van der Waals surface area contributed by atoms with Crippen molar-refractivity contribution in [1.82, 2.24) is 19.9 Å². The molecule has 1 aromatic heterocycles. The molecule has 1 atom stereocenters. The molecule has 0 spiro atoms. The van der Waals surface area contributed by atoms with Gasteiger partial charge in [0.15, 0.2) is 0 Å². The Balaban J connectivity index is 1.30. The van der Waals surface area contributed by atoms with Crippen molar-refractivity contribution >= 4 is 11.8 Å². The summed E-state index contributed by atoms with van der Waals surface area (Å²) in [5.74, 6) is 3.37. The monoisotopic (exact) mass is 336 g/mol. The van der Waals surface area contributed by atoms with Crippen LogP contribution in [0, 0.1) is 5.92 Å². The van der Waals surface area contributed by atoms with Gasteiger partial charge in [0, 0.05) is 18.3 Å². The number of hydrogen-bond donors (Lipinski definition) is 1. The molecule has 23 heavy (non-hydrogen) atoms. The highest BCUT2D eigenvalue weighted by molar-refractivity contribution is 7.99. The Labute approximate surface area is 142 Å². The summed E-state index contributed by atoms with van der Waals surface area (Å²) < 4.78 is 1.97. The van der Waals surface area contributed by atoms with Crippen LogP contribution in [-0.2, 0) is 12.1 Å². The molecule has 4 rings (SSSR count). The summed E-state index contributed by atoms with van der Waals surface area (Å²) in [6.07, 6.45) is 9.77. The lowest BCUT2D eigenvalue weighted by molar-refractivity contribution is 0.0398. The van der Waals surface area contributed by atoms with Crippen LogP contribution in [0.15, 0.2) is 6.20 Å². The fourth-order valence-electron chi connectivity index (χ4n) is 4.39. The van der Waals surface area contributed by atoms with Crippen LogP contribution in [0.3, 0.4) is 0 Å². The first-order valence-corrected chi connectivity index (χ1v) is 10.3. The van der Waals surface area contributed by atoms with Crippen LogP contribution in [0.25, 0.3) is 0 Å². The number of hydrogen-bond acceptors (Lipinski definition) is 5. The lowest BCUT2D eigenvalue weighted by Crippen LogP contribution is -2.42. The van der Waals surface area contributed by atoms with Gasteiger partial charge in [-0.05, 0) is 56.9 Å². The minimum absolute atomic E-state index is 0.702. The highest BCUT2D eigenvalue weighted by atomic mass is 32.2. The normalized spacial score (nSPS) is 29.3. The molecular formula is C17H28N4OS. The molecule has 6 heteroatoms. The fourth-order valence-corrected chi connectivity index (χ4v) is 5.65. The third-order valence-electron chi connectivity index (χ3n) is 5.96. The summed E-state index contributed by atoms with van der Waals surface area (Å²) in [6, 6.07) is 0.829. The van der Waals surface area contributed by atoms with Gasteiger partial charge in [0.25, 0.3) is 0 Å². The third kappa shape index (κ3) is 3.44. The van der Waals surface area contributed by atoms with Gasteiger partial charge in [0.05, 0.1) is 6.20 Å².